The molecule has 0 spiro atoms. The van der Waals surface area contributed by atoms with Crippen molar-refractivity contribution in [2.45, 2.75) is 20.8 Å². The van der Waals surface area contributed by atoms with E-state index in [1.54, 1.807) is 12.1 Å². The van der Waals surface area contributed by atoms with E-state index >= 15 is 0 Å². The maximum absolute atomic E-state index is 11.9. The molecule has 1 aromatic heterocycles. The van der Waals surface area contributed by atoms with Crippen LogP contribution in [0.5, 0.6) is 0 Å². The molecule has 1 heterocycles. The van der Waals surface area contributed by atoms with Crippen LogP contribution in [0.3, 0.4) is 0 Å². The molecule has 0 saturated heterocycles. The van der Waals surface area contributed by atoms with Gasteiger partial charge in [-0.05, 0) is 38.5 Å². The normalized spacial score (nSPS) is 10.3. The van der Waals surface area contributed by atoms with Crippen molar-refractivity contribution in [2.75, 3.05) is 10.6 Å². The quantitative estimate of drug-likeness (QED) is 0.785. The van der Waals surface area contributed by atoms with Crippen LogP contribution >= 0.6 is 11.6 Å². The number of nitrogens with one attached hydrogen (secondary N) is 3. The van der Waals surface area contributed by atoms with Gasteiger partial charge < -0.3 is 10.6 Å². The first-order valence-electron chi connectivity index (χ1n) is 5.83. The van der Waals surface area contributed by atoms with Gasteiger partial charge in [0.1, 0.15) is 0 Å². The van der Waals surface area contributed by atoms with Crippen molar-refractivity contribution in [3.63, 3.8) is 0 Å². The van der Waals surface area contributed by atoms with Crippen LogP contribution in [0.1, 0.15) is 17.0 Å². The maximum atomic E-state index is 11.9. The van der Waals surface area contributed by atoms with Crippen molar-refractivity contribution in [3.8, 4) is 0 Å². The van der Waals surface area contributed by atoms with Gasteiger partial charge in [0.2, 0.25) is 0 Å². The molecule has 0 aliphatic rings. The number of amides is 2. The summed E-state index contributed by atoms with van der Waals surface area (Å²) in [7, 11) is 0. The van der Waals surface area contributed by atoms with Gasteiger partial charge in [-0.25, -0.2) is 4.79 Å². The maximum Gasteiger partial charge on any atom is 0.323 e. The smallest absolute Gasteiger partial charge is 0.308 e. The Bertz CT molecular complexity index is 602. The van der Waals surface area contributed by atoms with Crippen LogP contribution in [0.25, 0.3) is 0 Å². The molecule has 5 nitrogen and oxygen atoms in total. The number of aromatic amines is 1. The average molecular weight is 279 g/mol. The number of H-pyrrole nitrogens is 1. The lowest BCUT2D eigenvalue weighted by molar-refractivity contribution is 0.262. The van der Waals surface area contributed by atoms with Crippen molar-refractivity contribution >= 4 is 29.0 Å². The van der Waals surface area contributed by atoms with E-state index in [0.717, 1.165) is 17.0 Å². The van der Waals surface area contributed by atoms with E-state index in [1.807, 2.05) is 26.8 Å². The summed E-state index contributed by atoms with van der Waals surface area (Å²) in [5.74, 6) is 0. The minimum Gasteiger partial charge on any atom is -0.308 e. The number of aryl methyl sites for hydroxylation is 3. The van der Waals surface area contributed by atoms with Gasteiger partial charge in [0, 0.05) is 10.7 Å². The highest BCUT2D eigenvalue weighted by atomic mass is 35.5. The first-order valence-corrected chi connectivity index (χ1v) is 6.21. The zero-order chi connectivity index (χ0) is 14.0. The molecule has 0 fully saturated rings. The van der Waals surface area contributed by atoms with E-state index in [1.165, 1.54) is 0 Å². The molecule has 0 saturated carbocycles. The van der Waals surface area contributed by atoms with E-state index in [0.29, 0.717) is 16.4 Å². The second kappa shape index (κ2) is 5.32. The van der Waals surface area contributed by atoms with Crippen molar-refractivity contribution in [2.24, 2.45) is 0 Å². The van der Waals surface area contributed by atoms with Crippen LogP contribution in [0, 0.1) is 20.8 Å². The molecule has 0 aliphatic heterocycles. The highest BCUT2D eigenvalue weighted by molar-refractivity contribution is 6.31. The van der Waals surface area contributed by atoms with Crippen LogP contribution in [-0.2, 0) is 0 Å². The molecular formula is C13H15ClN4O. The van der Waals surface area contributed by atoms with E-state index in [-0.39, 0.29) is 6.03 Å². The molecule has 2 rings (SSSR count). The number of hydrogen-bond acceptors (Lipinski definition) is 2. The minimum atomic E-state index is -0.326. The number of urea groups is 1. The molecule has 3 N–H and O–H groups in total. The minimum absolute atomic E-state index is 0.326. The highest BCUT2D eigenvalue weighted by Gasteiger charge is 2.10. The van der Waals surface area contributed by atoms with E-state index < -0.39 is 0 Å². The lowest BCUT2D eigenvalue weighted by atomic mass is 10.2. The third-order valence-corrected chi connectivity index (χ3v) is 3.20. The monoisotopic (exact) mass is 278 g/mol. The second-order valence-electron chi connectivity index (χ2n) is 4.35. The van der Waals surface area contributed by atoms with Gasteiger partial charge in [-0.2, -0.15) is 5.10 Å². The lowest BCUT2D eigenvalue weighted by Crippen LogP contribution is -2.20. The first-order chi connectivity index (χ1) is 8.97. The van der Waals surface area contributed by atoms with Crippen molar-refractivity contribution < 1.29 is 4.79 Å². The van der Waals surface area contributed by atoms with E-state index in [2.05, 4.69) is 20.8 Å². The number of benzene rings is 1. The van der Waals surface area contributed by atoms with Crippen molar-refractivity contribution in [1.82, 2.24) is 10.2 Å². The van der Waals surface area contributed by atoms with Crippen LogP contribution in [0.4, 0.5) is 16.2 Å². The summed E-state index contributed by atoms with van der Waals surface area (Å²) in [5.41, 5.74) is 3.86. The first kappa shape index (κ1) is 13.4. The van der Waals surface area contributed by atoms with Gasteiger partial charge in [0.15, 0.2) is 0 Å². The second-order valence-corrected chi connectivity index (χ2v) is 4.76. The molecule has 2 aromatic rings. The summed E-state index contributed by atoms with van der Waals surface area (Å²) in [5, 5.41) is 12.9. The SMILES string of the molecule is Cc1ccc(NC(=O)Nc2c(C)n[nH]c2C)cc1Cl. The third kappa shape index (κ3) is 3.06. The van der Waals surface area contributed by atoms with Crippen molar-refractivity contribution in [1.29, 1.82) is 0 Å². The van der Waals surface area contributed by atoms with Gasteiger partial charge in [0.05, 0.1) is 17.1 Å². The largest absolute Gasteiger partial charge is 0.323 e. The summed E-state index contributed by atoms with van der Waals surface area (Å²) >= 11 is 6.00. The zero-order valence-electron chi connectivity index (χ0n) is 11.0. The predicted octanol–water partition coefficient (Wildman–Crippen LogP) is 3.63. The highest BCUT2D eigenvalue weighted by Crippen LogP contribution is 2.21. The molecule has 2 amide bonds. The molecule has 0 atom stereocenters. The molecule has 0 bridgehead atoms. The lowest BCUT2D eigenvalue weighted by Gasteiger charge is -2.08. The van der Waals surface area contributed by atoms with Crippen LogP contribution < -0.4 is 10.6 Å². The number of anilines is 2. The molecule has 19 heavy (non-hydrogen) atoms. The Balaban J connectivity index is 2.07. The Hall–Kier alpha value is -2.01. The number of carbonyl (C=O) groups is 1. The van der Waals surface area contributed by atoms with Crippen LogP contribution in [0.2, 0.25) is 5.02 Å². The Morgan fingerprint density at radius 1 is 1.26 bits per heavy atom. The standard InChI is InChI=1S/C13H15ClN4O/c1-7-4-5-10(6-11(7)14)15-13(19)16-12-8(2)17-18-9(12)3/h4-6H,1-3H3,(H,17,18)(H2,15,16,19). The topological polar surface area (TPSA) is 69.8 Å². The summed E-state index contributed by atoms with van der Waals surface area (Å²) in [6.45, 7) is 5.57. The fraction of sp³-hybridized carbons (Fsp3) is 0.231. The van der Waals surface area contributed by atoms with Crippen LogP contribution in [-0.4, -0.2) is 16.2 Å². The third-order valence-electron chi connectivity index (χ3n) is 2.80. The predicted molar refractivity (Wildman–Crippen MR) is 76.9 cm³/mol. The number of aromatic nitrogens is 2. The zero-order valence-corrected chi connectivity index (χ0v) is 11.7. The number of halogens is 1. The van der Waals surface area contributed by atoms with E-state index in [4.69, 9.17) is 11.6 Å². The molecule has 6 heteroatoms. The van der Waals surface area contributed by atoms with Gasteiger partial charge in [-0.15, -0.1) is 0 Å². The summed E-state index contributed by atoms with van der Waals surface area (Å²) < 4.78 is 0. The number of nitrogens with zero attached hydrogens (tertiary/aromatic N) is 1. The Morgan fingerprint density at radius 3 is 2.58 bits per heavy atom. The Kier molecular flexibility index (Phi) is 3.76. The molecular weight excluding hydrogens is 264 g/mol. The molecule has 1 aromatic carbocycles. The van der Waals surface area contributed by atoms with Crippen molar-refractivity contribution in [3.05, 3.63) is 40.2 Å². The Labute approximate surface area is 116 Å². The summed E-state index contributed by atoms with van der Waals surface area (Å²) in [6.07, 6.45) is 0. The van der Waals surface area contributed by atoms with E-state index in [9.17, 15) is 4.79 Å². The number of carbonyl (C=O) groups excluding carboxylic acids is 1. The molecule has 0 radical (unpaired) electrons. The van der Waals surface area contributed by atoms with Crippen LogP contribution in [0.15, 0.2) is 18.2 Å². The molecule has 0 aliphatic carbocycles. The number of hydrogen-bond donors (Lipinski definition) is 3. The van der Waals surface area contributed by atoms with Gasteiger partial charge >= 0.3 is 6.03 Å². The molecule has 0 unspecified atom stereocenters. The number of rotatable bonds is 2. The van der Waals surface area contributed by atoms with Gasteiger partial charge in [-0.1, -0.05) is 17.7 Å². The van der Waals surface area contributed by atoms with Gasteiger partial charge in [0.25, 0.3) is 0 Å². The summed E-state index contributed by atoms with van der Waals surface area (Å²) in [6, 6.07) is 5.04. The fourth-order valence-corrected chi connectivity index (χ4v) is 1.86. The summed E-state index contributed by atoms with van der Waals surface area (Å²) in [4.78, 5) is 11.9. The molecule has 100 valence electrons. The Morgan fingerprint density at radius 2 is 2.00 bits per heavy atom. The fourth-order valence-electron chi connectivity index (χ4n) is 1.68. The van der Waals surface area contributed by atoms with Gasteiger partial charge in [-0.3, -0.25) is 5.10 Å². The average Bonchev–Trinajstić information content (AvgIpc) is 2.66.